The Kier molecular flexibility index (Phi) is 3.80. The first-order valence-corrected chi connectivity index (χ1v) is 5.31. The molecule has 0 aromatic carbocycles. The van der Waals surface area contributed by atoms with E-state index in [1.165, 1.54) is 10.8 Å². The number of nitrogens with two attached hydrogens (primary N) is 1. The SMILES string of the molecule is Cc1ncc(I)c(=O)n1C(C)C(=O)NN. The summed E-state index contributed by atoms with van der Waals surface area (Å²) in [6.07, 6.45) is 1.47. The number of hydrazine groups is 1. The van der Waals surface area contributed by atoms with Gasteiger partial charge in [-0.05, 0) is 36.4 Å². The van der Waals surface area contributed by atoms with Gasteiger partial charge in [0.1, 0.15) is 11.9 Å². The Morgan fingerprint density at radius 3 is 2.87 bits per heavy atom. The van der Waals surface area contributed by atoms with Crippen LogP contribution in [0.25, 0.3) is 0 Å². The molecular weight excluding hydrogens is 311 g/mol. The van der Waals surface area contributed by atoms with Crippen molar-refractivity contribution in [2.75, 3.05) is 0 Å². The van der Waals surface area contributed by atoms with Crippen LogP contribution in [0.1, 0.15) is 18.8 Å². The predicted octanol–water partition coefficient (Wildman–Crippen LogP) is -0.293. The number of amides is 1. The molecular formula is C8H11IN4O2. The molecule has 0 saturated heterocycles. The van der Waals surface area contributed by atoms with Gasteiger partial charge in [-0.2, -0.15) is 0 Å². The van der Waals surface area contributed by atoms with Gasteiger partial charge >= 0.3 is 0 Å². The molecule has 0 bridgehead atoms. The van der Waals surface area contributed by atoms with E-state index in [-0.39, 0.29) is 5.56 Å². The minimum atomic E-state index is -0.662. The van der Waals surface area contributed by atoms with Crippen LogP contribution in [0.15, 0.2) is 11.0 Å². The number of halogens is 1. The zero-order valence-corrected chi connectivity index (χ0v) is 10.5. The fourth-order valence-electron chi connectivity index (χ4n) is 1.22. The molecule has 1 unspecified atom stereocenters. The number of rotatable bonds is 2. The first kappa shape index (κ1) is 12.1. The van der Waals surface area contributed by atoms with E-state index >= 15 is 0 Å². The highest BCUT2D eigenvalue weighted by molar-refractivity contribution is 14.1. The average molecular weight is 322 g/mol. The fourth-order valence-corrected chi connectivity index (χ4v) is 1.62. The Morgan fingerprint density at radius 2 is 2.33 bits per heavy atom. The quantitative estimate of drug-likeness (QED) is 0.339. The lowest BCUT2D eigenvalue weighted by Gasteiger charge is -2.15. The number of carbonyl (C=O) groups is 1. The van der Waals surface area contributed by atoms with Crippen LogP contribution in [0.2, 0.25) is 0 Å². The van der Waals surface area contributed by atoms with Crippen molar-refractivity contribution >= 4 is 28.5 Å². The molecule has 1 rings (SSSR count). The predicted molar refractivity (Wildman–Crippen MR) is 63.0 cm³/mol. The Morgan fingerprint density at radius 1 is 1.73 bits per heavy atom. The summed E-state index contributed by atoms with van der Waals surface area (Å²) < 4.78 is 1.78. The molecule has 0 aliphatic heterocycles. The fraction of sp³-hybridized carbons (Fsp3) is 0.375. The van der Waals surface area contributed by atoms with Crippen LogP contribution < -0.4 is 16.8 Å². The van der Waals surface area contributed by atoms with E-state index in [0.717, 1.165) is 0 Å². The maximum absolute atomic E-state index is 11.7. The lowest BCUT2D eigenvalue weighted by atomic mass is 10.3. The van der Waals surface area contributed by atoms with E-state index in [9.17, 15) is 9.59 Å². The smallest absolute Gasteiger partial charge is 0.267 e. The van der Waals surface area contributed by atoms with Gasteiger partial charge < -0.3 is 0 Å². The second-order valence-electron chi connectivity index (χ2n) is 3.01. The van der Waals surface area contributed by atoms with Gasteiger partial charge in [0.05, 0.1) is 3.57 Å². The van der Waals surface area contributed by atoms with Crippen molar-refractivity contribution in [2.24, 2.45) is 5.84 Å². The van der Waals surface area contributed by atoms with E-state index in [1.807, 2.05) is 28.0 Å². The normalized spacial score (nSPS) is 12.3. The summed E-state index contributed by atoms with van der Waals surface area (Å²) >= 11 is 1.88. The molecule has 3 N–H and O–H groups in total. The van der Waals surface area contributed by atoms with E-state index in [2.05, 4.69) is 4.98 Å². The highest BCUT2D eigenvalue weighted by atomic mass is 127. The number of nitrogens with one attached hydrogen (secondary N) is 1. The van der Waals surface area contributed by atoms with Crippen LogP contribution in [-0.4, -0.2) is 15.5 Å². The van der Waals surface area contributed by atoms with Gasteiger partial charge in [0.25, 0.3) is 11.5 Å². The molecule has 6 nitrogen and oxygen atoms in total. The van der Waals surface area contributed by atoms with Crippen LogP contribution in [0.5, 0.6) is 0 Å². The highest BCUT2D eigenvalue weighted by Gasteiger charge is 2.18. The Labute approximate surface area is 100.0 Å². The zero-order chi connectivity index (χ0) is 11.6. The molecule has 82 valence electrons. The number of hydrogen-bond acceptors (Lipinski definition) is 4. The molecule has 7 heteroatoms. The first-order valence-electron chi connectivity index (χ1n) is 4.23. The molecule has 0 spiro atoms. The molecule has 0 saturated carbocycles. The lowest BCUT2D eigenvalue weighted by Crippen LogP contribution is -2.40. The molecule has 1 aromatic rings. The van der Waals surface area contributed by atoms with Crippen molar-refractivity contribution in [3.63, 3.8) is 0 Å². The van der Waals surface area contributed by atoms with Crippen molar-refractivity contribution in [2.45, 2.75) is 19.9 Å². The Balaban J connectivity index is 3.30. The van der Waals surface area contributed by atoms with Gasteiger partial charge in [0, 0.05) is 6.20 Å². The molecule has 1 heterocycles. The van der Waals surface area contributed by atoms with Crippen molar-refractivity contribution < 1.29 is 4.79 Å². The monoisotopic (exact) mass is 322 g/mol. The van der Waals surface area contributed by atoms with Crippen molar-refractivity contribution in [1.29, 1.82) is 0 Å². The van der Waals surface area contributed by atoms with Gasteiger partial charge in [0.15, 0.2) is 0 Å². The summed E-state index contributed by atoms with van der Waals surface area (Å²) in [6.45, 7) is 3.26. The maximum atomic E-state index is 11.7. The van der Waals surface area contributed by atoms with Crippen LogP contribution in [-0.2, 0) is 4.79 Å². The number of aryl methyl sites for hydroxylation is 1. The summed E-state index contributed by atoms with van der Waals surface area (Å²) in [5.41, 5.74) is 1.77. The summed E-state index contributed by atoms with van der Waals surface area (Å²) in [4.78, 5) is 27.1. The molecule has 1 atom stereocenters. The summed E-state index contributed by atoms with van der Waals surface area (Å²) in [5, 5.41) is 0. The minimum absolute atomic E-state index is 0.237. The summed E-state index contributed by atoms with van der Waals surface area (Å²) in [7, 11) is 0. The number of nitrogens with zero attached hydrogens (tertiary/aromatic N) is 2. The molecule has 0 aliphatic rings. The Hall–Kier alpha value is -0.960. The number of aromatic nitrogens is 2. The number of carbonyl (C=O) groups excluding carboxylic acids is 1. The average Bonchev–Trinajstić information content (AvgIpc) is 2.22. The maximum Gasteiger partial charge on any atom is 0.267 e. The first-order chi connectivity index (χ1) is 6.99. The van der Waals surface area contributed by atoms with Gasteiger partial charge in [-0.3, -0.25) is 19.6 Å². The molecule has 0 fully saturated rings. The zero-order valence-electron chi connectivity index (χ0n) is 8.32. The van der Waals surface area contributed by atoms with Crippen LogP contribution >= 0.6 is 22.6 Å². The van der Waals surface area contributed by atoms with Gasteiger partial charge in [-0.25, -0.2) is 10.8 Å². The molecule has 15 heavy (non-hydrogen) atoms. The van der Waals surface area contributed by atoms with Crippen molar-refractivity contribution in [3.8, 4) is 0 Å². The van der Waals surface area contributed by atoms with Crippen LogP contribution in [0.4, 0.5) is 0 Å². The highest BCUT2D eigenvalue weighted by Crippen LogP contribution is 2.06. The largest absolute Gasteiger partial charge is 0.292 e. The summed E-state index contributed by atoms with van der Waals surface area (Å²) in [5.74, 6) is 5.07. The minimum Gasteiger partial charge on any atom is -0.292 e. The van der Waals surface area contributed by atoms with Gasteiger partial charge in [-0.1, -0.05) is 0 Å². The molecule has 1 amide bonds. The number of hydrogen-bond donors (Lipinski definition) is 2. The molecule has 0 aliphatic carbocycles. The van der Waals surface area contributed by atoms with Gasteiger partial charge in [0.2, 0.25) is 0 Å². The van der Waals surface area contributed by atoms with E-state index in [0.29, 0.717) is 9.39 Å². The van der Waals surface area contributed by atoms with E-state index in [1.54, 1.807) is 13.8 Å². The topological polar surface area (TPSA) is 90.0 Å². The molecule has 0 radical (unpaired) electrons. The van der Waals surface area contributed by atoms with Crippen molar-refractivity contribution in [1.82, 2.24) is 15.0 Å². The lowest BCUT2D eigenvalue weighted by molar-refractivity contribution is -0.124. The van der Waals surface area contributed by atoms with Crippen LogP contribution in [0.3, 0.4) is 0 Å². The third kappa shape index (κ3) is 2.34. The standard InChI is InChI=1S/C8H11IN4O2/c1-4(7(14)12-10)13-5(2)11-3-6(9)8(13)15/h3-4H,10H2,1-2H3,(H,12,14). The third-order valence-electron chi connectivity index (χ3n) is 2.05. The second kappa shape index (κ2) is 4.71. The molecule has 1 aromatic heterocycles. The van der Waals surface area contributed by atoms with Gasteiger partial charge in [-0.15, -0.1) is 0 Å². The van der Waals surface area contributed by atoms with Crippen LogP contribution in [0, 0.1) is 10.5 Å². The summed E-state index contributed by atoms with van der Waals surface area (Å²) in [6, 6.07) is -0.662. The van der Waals surface area contributed by atoms with E-state index in [4.69, 9.17) is 5.84 Å². The van der Waals surface area contributed by atoms with E-state index < -0.39 is 11.9 Å². The second-order valence-corrected chi connectivity index (χ2v) is 4.18. The third-order valence-corrected chi connectivity index (χ3v) is 2.79. The Bertz CT molecular complexity index is 443. The van der Waals surface area contributed by atoms with Crippen molar-refractivity contribution in [3.05, 3.63) is 25.9 Å².